The molecule has 0 amide bonds. The van der Waals surface area contributed by atoms with Crippen molar-refractivity contribution in [1.82, 2.24) is 4.98 Å². The average molecular weight is 275 g/mol. The van der Waals surface area contributed by atoms with Gasteiger partial charge in [-0.25, -0.2) is 9.37 Å². The molecular formula is C16H18FNS. The summed E-state index contributed by atoms with van der Waals surface area (Å²) in [6.45, 7) is 2.14. The Bertz CT molecular complexity index is 553. The minimum Gasteiger partial charge on any atom is -0.245 e. The summed E-state index contributed by atoms with van der Waals surface area (Å²) < 4.78 is 13.1. The number of hydrogen-bond donors (Lipinski definition) is 0. The summed E-state index contributed by atoms with van der Waals surface area (Å²) in [5, 5.41) is 1.20. The third-order valence-electron chi connectivity index (χ3n) is 3.85. The molecule has 1 aromatic carbocycles. The van der Waals surface area contributed by atoms with Gasteiger partial charge in [0.05, 0.1) is 15.6 Å². The van der Waals surface area contributed by atoms with Crippen molar-refractivity contribution >= 4 is 11.3 Å². The van der Waals surface area contributed by atoms with Gasteiger partial charge in [-0.3, -0.25) is 0 Å². The maximum atomic E-state index is 13.1. The van der Waals surface area contributed by atoms with E-state index in [9.17, 15) is 4.39 Å². The van der Waals surface area contributed by atoms with Crippen LogP contribution in [0.2, 0.25) is 0 Å². The summed E-state index contributed by atoms with van der Waals surface area (Å²) in [4.78, 5) is 6.09. The van der Waals surface area contributed by atoms with Gasteiger partial charge in [-0.1, -0.05) is 31.9 Å². The fourth-order valence-electron chi connectivity index (χ4n) is 2.81. The highest BCUT2D eigenvalue weighted by Gasteiger charge is 2.24. The molecule has 100 valence electrons. The molecule has 3 heteroatoms. The molecule has 19 heavy (non-hydrogen) atoms. The minimum atomic E-state index is -0.175. The van der Waals surface area contributed by atoms with Crippen LogP contribution < -0.4 is 0 Å². The highest BCUT2D eigenvalue weighted by atomic mass is 32.1. The van der Waals surface area contributed by atoms with Crippen molar-refractivity contribution < 1.29 is 4.39 Å². The topological polar surface area (TPSA) is 12.9 Å². The summed E-state index contributed by atoms with van der Waals surface area (Å²) >= 11 is 1.77. The Labute approximate surface area is 117 Å². The standard InChI is InChI=1S/C16H18FNS/c1-2-14-18-15(11-5-3-4-6-11)16(19-14)12-7-9-13(17)10-8-12/h7-11H,2-6H2,1H3. The van der Waals surface area contributed by atoms with Gasteiger partial charge in [0.15, 0.2) is 0 Å². The van der Waals surface area contributed by atoms with Gasteiger partial charge in [-0.05, 0) is 37.0 Å². The lowest BCUT2D eigenvalue weighted by Gasteiger charge is -2.08. The third-order valence-corrected chi connectivity index (χ3v) is 5.11. The zero-order valence-corrected chi connectivity index (χ0v) is 12.0. The van der Waals surface area contributed by atoms with Gasteiger partial charge in [-0.15, -0.1) is 11.3 Å². The summed E-state index contributed by atoms with van der Waals surface area (Å²) in [6.07, 6.45) is 6.10. The van der Waals surface area contributed by atoms with Crippen molar-refractivity contribution in [3.8, 4) is 10.4 Å². The molecule has 0 bridgehead atoms. The molecule has 1 aliphatic rings. The van der Waals surface area contributed by atoms with Gasteiger partial charge < -0.3 is 0 Å². The number of aryl methyl sites for hydroxylation is 1. The Hall–Kier alpha value is -1.22. The van der Waals surface area contributed by atoms with Crippen LogP contribution in [0.5, 0.6) is 0 Å². The second-order valence-electron chi connectivity index (χ2n) is 5.16. The molecule has 0 N–H and O–H groups in total. The molecule has 0 spiro atoms. The normalized spacial score (nSPS) is 16.1. The van der Waals surface area contributed by atoms with Crippen LogP contribution in [0.15, 0.2) is 24.3 Å². The number of benzene rings is 1. The quantitative estimate of drug-likeness (QED) is 0.753. The van der Waals surface area contributed by atoms with Gasteiger partial charge in [0.25, 0.3) is 0 Å². The number of nitrogens with zero attached hydrogens (tertiary/aromatic N) is 1. The molecule has 1 fully saturated rings. The van der Waals surface area contributed by atoms with E-state index in [1.54, 1.807) is 23.5 Å². The van der Waals surface area contributed by atoms with Crippen molar-refractivity contribution in [2.75, 3.05) is 0 Å². The molecule has 0 radical (unpaired) electrons. The molecule has 1 saturated carbocycles. The first-order chi connectivity index (χ1) is 9.28. The second-order valence-corrected chi connectivity index (χ2v) is 6.25. The Morgan fingerprint density at radius 1 is 1.21 bits per heavy atom. The maximum absolute atomic E-state index is 13.1. The predicted octanol–water partition coefficient (Wildman–Crippen LogP) is 5.17. The summed E-state index contributed by atoms with van der Waals surface area (Å²) in [5.41, 5.74) is 2.37. The van der Waals surface area contributed by atoms with Crippen LogP contribution in [0, 0.1) is 5.82 Å². The fraction of sp³-hybridized carbons (Fsp3) is 0.438. The average Bonchev–Trinajstić information content (AvgIpc) is 3.08. The summed E-state index contributed by atoms with van der Waals surface area (Å²) in [6, 6.07) is 6.83. The van der Waals surface area contributed by atoms with E-state index in [-0.39, 0.29) is 5.82 Å². The Morgan fingerprint density at radius 2 is 1.89 bits per heavy atom. The molecule has 2 aromatic rings. The van der Waals surface area contributed by atoms with Crippen LogP contribution in [0.25, 0.3) is 10.4 Å². The van der Waals surface area contributed by atoms with Crippen molar-refractivity contribution in [1.29, 1.82) is 0 Å². The number of hydrogen-bond acceptors (Lipinski definition) is 2. The second kappa shape index (κ2) is 5.41. The first-order valence-corrected chi connectivity index (χ1v) is 7.85. The van der Waals surface area contributed by atoms with E-state index in [1.165, 1.54) is 41.3 Å². The van der Waals surface area contributed by atoms with Crippen molar-refractivity contribution in [2.45, 2.75) is 44.9 Å². The van der Waals surface area contributed by atoms with E-state index in [1.807, 2.05) is 12.1 Å². The van der Waals surface area contributed by atoms with E-state index < -0.39 is 0 Å². The van der Waals surface area contributed by atoms with Crippen LogP contribution in [0.1, 0.15) is 49.2 Å². The highest BCUT2D eigenvalue weighted by molar-refractivity contribution is 7.15. The van der Waals surface area contributed by atoms with Gasteiger partial charge in [-0.2, -0.15) is 0 Å². The molecule has 1 heterocycles. The third kappa shape index (κ3) is 2.57. The van der Waals surface area contributed by atoms with Gasteiger partial charge in [0, 0.05) is 5.92 Å². The Balaban J connectivity index is 2.03. The van der Waals surface area contributed by atoms with E-state index in [0.717, 1.165) is 12.0 Å². The molecular weight excluding hydrogens is 257 g/mol. The van der Waals surface area contributed by atoms with Crippen LogP contribution >= 0.6 is 11.3 Å². The molecule has 0 saturated heterocycles. The Kier molecular flexibility index (Phi) is 3.65. The number of rotatable bonds is 3. The zero-order chi connectivity index (χ0) is 13.2. The molecule has 1 nitrogen and oxygen atoms in total. The van der Waals surface area contributed by atoms with Crippen LogP contribution in [0.3, 0.4) is 0 Å². The van der Waals surface area contributed by atoms with E-state index in [0.29, 0.717) is 5.92 Å². The van der Waals surface area contributed by atoms with Crippen LogP contribution in [0.4, 0.5) is 4.39 Å². The van der Waals surface area contributed by atoms with Crippen molar-refractivity contribution in [2.24, 2.45) is 0 Å². The molecule has 0 unspecified atom stereocenters. The van der Waals surface area contributed by atoms with Crippen molar-refractivity contribution in [3.63, 3.8) is 0 Å². The smallest absolute Gasteiger partial charge is 0.123 e. The first-order valence-electron chi connectivity index (χ1n) is 7.03. The molecule has 1 aliphatic carbocycles. The van der Waals surface area contributed by atoms with Crippen molar-refractivity contribution in [3.05, 3.63) is 40.8 Å². The lowest BCUT2D eigenvalue weighted by molar-refractivity contribution is 0.628. The maximum Gasteiger partial charge on any atom is 0.123 e. The van der Waals surface area contributed by atoms with E-state index in [2.05, 4.69) is 6.92 Å². The highest BCUT2D eigenvalue weighted by Crippen LogP contribution is 2.41. The first kappa shape index (κ1) is 12.8. The minimum absolute atomic E-state index is 0.175. The Morgan fingerprint density at radius 3 is 2.53 bits per heavy atom. The van der Waals surface area contributed by atoms with E-state index >= 15 is 0 Å². The van der Waals surface area contributed by atoms with Crippen LogP contribution in [-0.4, -0.2) is 4.98 Å². The van der Waals surface area contributed by atoms with E-state index in [4.69, 9.17) is 4.98 Å². The monoisotopic (exact) mass is 275 g/mol. The zero-order valence-electron chi connectivity index (χ0n) is 11.2. The lowest BCUT2D eigenvalue weighted by Crippen LogP contribution is -1.95. The van der Waals surface area contributed by atoms with Gasteiger partial charge in [0.1, 0.15) is 5.82 Å². The lowest BCUT2D eigenvalue weighted by atomic mass is 10.0. The summed E-state index contributed by atoms with van der Waals surface area (Å²) in [5.74, 6) is 0.433. The number of thiazole rings is 1. The predicted molar refractivity (Wildman–Crippen MR) is 78.1 cm³/mol. The van der Waals surface area contributed by atoms with Crippen LogP contribution in [-0.2, 0) is 6.42 Å². The summed E-state index contributed by atoms with van der Waals surface area (Å²) in [7, 11) is 0. The fourth-order valence-corrected chi connectivity index (χ4v) is 3.91. The molecule has 1 aromatic heterocycles. The number of halogens is 1. The molecule has 0 atom stereocenters. The van der Waals surface area contributed by atoms with Gasteiger partial charge in [0.2, 0.25) is 0 Å². The largest absolute Gasteiger partial charge is 0.245 e. The molecule has 0 aliphatic heterocycles. The molecule has 3 rings (SSSR count). The van der Waals surface area contributed by atoms with Gasteiger partial charge >= 0.3 is 0 Å². The SMILES string of the molecule is CCc1nc(C2CCCC2)c(-c2ccc(F)cc2)s1. The number of aromatic nitrogens is 1.